The minimum atomic E-state index is 0.633. The monoisotopic (exact) mass is 222 g/mol. The number of nitrogens with zero attached hydrogens (tertiary/aromatic N) is 1. The SMILES string of the molecule is C1CCN(C23CCC(CC2)CC3)CCNC1. The Morgan fingerprint density at radius 1 is 0.875 bits per heavy atom. The van der Waals surface area contributed by atoms with E-state index >= 15 is 0 Å². The van der Waals surface area contributed by atoms with Gasteiger partial charge in [0.2, 0.25) is 0 Å². The fourth-order valence-electron chi connectivity index (χ4n) is 4.18. The zero-order valence-electron chi connectivity index (χ0n) is 10.5. The van der Waals surface area contributed by atoms with Gasteiger partial charge in [0.05, 0.1) is 0 Å². The number of nitrogens with one attached hydrogen (secondary N) is 1. The lowest BCUT2D eigenvalue weighted by atomic mass is 9.65. The number of hydrogen-bond donors (Lipinski definition) is 1. The van der Waals surface area contributed by atoms with Gasteiger partial charge in [-0.2, -0.15) is 0 Å². The van der Waals surface area contributed by atoms with Crippen LogP contribution in [0.25, 0.3) is 0 Å². The van der Waals surface area contributed by atoms with Crippen LogP contribution in [0.5, 0.6) is 0 Å². The van der Waals surface area contributed by atoms with Crippen molar-refractivity contribution in [3.63, 3.8) is 0 Å². The van der Waals surface area contributed by atoms with Crippen molar-refractivity contribution in [3.05, 3.63) is 0 Å². The van der Waals surface area contributed by atoms with E-state index in [1.807, 2.05) is 0 Å². The predicted molar refractivity (Wildman–Crippen MR) is 67.6 cm³/mol. The van der Waals surface area contributed by atoms with E-state index in [-0.39, 0.29) is 0 Å². The highest BCUT2D eigenvalue weighted by Crippen LogP contribution is 2.47. The van der Waals surface area contributed by atoms with Crippen molar-refractivity contribution in [2.45, 2.75) is 56.9 Å². The molecular formula is C14H26N2. The van der Waals surface area contributed by atoms with Gasteiger partial charge < -0.3 is 5.32 Å². The maximum Gasteiger partial charge on any atom is 0.0210 e. The Morgan fingerprint density at radius 2 is 1.62 bits per heavy atom. The molecular weight excluding hydrogens is 196 g/mol. The van der Waals surface area contributed by atoms with Crippen LogP contribution in [0.1, 0.15) is 51.4 Å². The molecule has 3 saturated carbocycles. The molecule has 4 rings (SSSR count). The lowest BCUT2D eigenvalue weighted by molar-refractivity contribution is -0.0136. The van der Waals surface area contributed by atoms with Crippen LogP contribution >= 0.6 is 0 Å². The van der Waals surface area contributed by atoms with Crippen LogP contribution < -0.4 is 5.32 Å². The Bertz CT molecular complexity index is 209. The molecule has 1 N–H and O–H groups in total. The zero-order chi connectivity index (χ0) is 10.8. The predicted octanol–water partition coefficient (Wildman–Crippen LogP) is 2.39. The Morgan fingerprint density at radius 3 is 2.38 bits per heavy atom. The van der Waals surface area contributed by atoms with E-state index in [0.29, 0.717) is 5.54 Å². The van der Waals surface area contributed by atoms with Crippen molar-refractivity contribution >= 4 is 0 Å². The van der Waals surface area contributed by atoms with Crippen LogP contribution in [0.3, 0.4) is 0 Å². The van der Waals surface area contributed by atoms with Crippen LogP contribution in [-0.2, 0) is 0 Å². The molecule has 4 fully saturated rings. The molecule has 16 heavy (non-hydrogen) atoms. The molecule has 2 bridgehead atoms. The van der Waals surface area contributed by atoms with Gasteiger partial charge in [0.25, 0.3) is 0 Å². The van der Waals surface area contributed by atoms with E-state index in [9.17, 15) is 0 Å². The summed E-state index contributed by atoms with van der Waals surface area (Å²) in [5, 5.41) is 3.57. The normalized spacial score (nSPS) is 41.6. The number of hydrogen-bond acceptors (Lipinski definition) is 2. The molecule has 0 atom stereocenters. The first-order valence-corrected chi connectivity index (χ1v) is 7.35. The average molecular weight is 222 g/mol. The zero-order valence-corrected chi connectivity index (χ0v) is 10.5. The van der Waals surface area contributed by atoms with E-state index < -0.39 is 0 Å². The molecule has 1 heterocycles. The fraction of sp³-hybridized carbons (Fsp3) is 1.00. The molecule has 0 radical (unpaired) electrons. The molecule has 0 aromatic heterocycles. The van der Waals surface area contributed by atoms with Crippen LogP contribution in [0.4, 0.5) is 0 Å². The number of fused-ring (bicyclic) bond motifs is 3. The summed E-state index contributed by atoms with van der Waals surface area (Å²) in [6.45, 7) is 5.12. The quantitative estimate of drug-likeness (QED) is 0.733. The topological polar surface area (TPSA) is 15.3 Å². The lowest BCUT2D eigenvalue weighted by Gasteiger charge is -2.53. The summed E-state index contributed by atoms with van der Waals surface area (Å²) in [5.41, 5.74) is 0.633. The molecule has 0 aromatic carbocycles. The van der Waals surface area contributed by atoms with Gasteiger partial charge in [-0.05, 0) is 70.4 Å². The van der Waals surface area contributed by atoms with Gasteiger partial charge in [-0.15, -0.1) is 0 Å². The van der Waals surface area contributed by atoms with Gasteiger partial charge in [0, 0.05) is 18.6 Å². The Kier molecular flexibility index (Phi) is 3.21. The summed E-state index contributed by atoms with van der Waals surface area (Å²) in [4.78, 5) is 2.86. The summed E-state index contributed by atoms with van der Waals surface area (Å²) in [6.07, 6.45) is 11.8. The third-order valence-electron chi connectivity index (χ3n) is 5.31. The first kappa shape index (κ1) is 11.0. The maximum absolute atomic E-state index is 3.57. The molecule has 0 unspecified atom stereocenters. The summed E-state index contributed by atoms with van der Waals surface area (Å²) < 4.78 is 0. The van der Waals surface area contributed by atoms with Gasteiger partial charge in [0.1, 0.15) is 0 Å². The molecule has 4 aliphatic rings. The van der Waals surface area contributed by atoms with E-state index in [2.05, 4.69) is 10.2 Å². The van der Waals surface area contributed by atoms with Gasteiger partial charge >= 0.3 is 0 Å². The average Bonchev–Trinajstić information content (AvgIpc) is 2.30. The van der Waals surface area contributed by atoms with E-state index in [1.165, 1.54) is 77.5 Å². The van der Waals surface area contributed by atoms with Crippen molar-refractivity contribution in [3.8, 4) is 0 Å². The highest BCUT2D eigenvalue weighted by molar-refractivity contribution is 5.00. The molecule has 1 saturated heterocycles. The molecule has 3 aliphatic carbocycles. The summed E-state index contributed by atoms with van der Waals surface area (Å²) in [7, 11) is 0. The Balaban J connectivity index is 1.68. The lowest BCUT2D eigenvalue weighted by Crippen LogP contribution is -2.56. The third-order valence-corrected chi connectivity index (χ3v) is 5.31. The van der Waals surface area contributed by atoms with Gasteiger partial charge in [0.15, 0.2) is 0 Å². The maximum atomic E-state index is 3.57. The molecule has 2 heteroatoms. The second-order valence-electron chi connectivity index (χ2n) is 6.15. The molecule has 1 aliphatic heterocycles. The van der Waals surface area contributed by atoms with Crippen molar-refractivity contribution in [1.82, 2.24) is 10.2 Å². The standard InChI is InChI=1S/C14H26N2/c1-2-11-16(12-10-15-9-1)14-6-3-13(4-7-14)5-8-14/h13,15H,1-12H2. The Hall–Kier alpha value is -0.0800. The molecule has 0 aromatic rings. The smallest absolute Gasteiger partial charge is 0.0210 e. The minimum absolute atomic E-state index is 0.633. The van der Waals surface area contributed by atoms with E-state index in [4.69, 9.17) is 0 Å². The fourth-order valence-corrected chi connectivity index (χ4v) is 4.18. The van der Waals surface area contributed by atoms with Crippen LogP contribution in [0, 0.1) is 5.92 Å². The van der Waals surface area contributed by atoms with Gasteiger partial charge in [-0.1, -0.05) is 0 Å². The van der Waals surface area contributed by atoms with Crippen molar-refractivity contribution in [2.24, 2.45) is 5.92 Å². The Labute approximate surface area is 99.8 Å². The first-order chi connectivity index (χ1) is 7.89. The molecule has 0 spiro atoms. The van der Waals surface area contributed by atoms with Crippen molar-refractivity contribution < 1.29 is 0 Å². The molecule has 0 amide bonds. The minimum Gasteiger partial charge on any atom is -0.315 e. The van der Waals surface area contributed by atoms with Gasteiger partial charge in [-0.25, -0.2) is 0 Å². The highest BCUT2D eigenvalue weighted by atomic mass is 15.2. The highest BCUT2D eigenvalue weighted by Gasteiger charge is 2.43. The van der Waals surface area contributed by atoms with E-state index in [0.717, 1.165) is 5.92 Å². The van der Waals surface area contributed by atoms with Crippen LogP contribution in [0.2, 0.25) is 0 Å². The van der Waals surface area contributed by atoms with E-state index in [1.54, 1.807) is 0 Å². The third kappa shape index (κ3) is 2.02. The second kappa shape index (κ2) is 4.66. The summed E-state index contributed by atoms with van der Waals surface area (Å²) >= 11 is 0. The summed E-state index contributed by atoms with van der Waals surface area (Å²) in [6, 6.07) is 0. The number of rotatable bonds is 1. The largest absolute Gasteiger partial charge is 0.315 e. The van der Waals surface area contributed by atoms with Crippen LogP contribution in [-0.4, -0.2) is 36.6 Å². The van der Waals surface area contributed by atoms with Crippen LogP contribution in [0.15, 0.2) is 0 Å². The van der Waals surface area contributed by atoms with Crippen molar-refractivity contribution in [1.29, 1.82) is 0 Å². The first-order valence-electron chi connectivity index (χ1n) is 7.35. The molecule has 92 valence electrons. The van der Waals surface area contributed by atoms with Crippen molar-refractivity contribution in [2.75, 3.05) is 26.2 Å². The van der Waals surface area contributed by atoms with Gasteiger partial charge in [-0.3, -0.25) is 4.90 Å². The summed E-state index contributed by atoms with van der Waals surface area (Å²) in [5.74, 6) is 1.09. The molecule has 2 nitrogen and oxygen atoms in total. The second-order valence-corrected chi connectivity index (χ2v) is 6.15.